The third kappa shape index (κ3) is 3.68. The van der Waals surface area contributed by atoms with Crippen molar-refractivity contribution in [3.8, 4) is 0 Å². The molecular formula is C14H12BrN3O2S. The molecule has 5 nitrogen and oxygen atoms in total. The molecule has 0 saturated heterocycles. The monoisotopic (exact) mass is 365 g/mol. The van der Waals surface area contributed by atoms with E-state index in [0.717, 1.165) is 26.4 Å². The zero-order chi connectivity index (χ0) is 14.7. The van der Waals surface area contributed by atoms with Crippen LogP contribution in [0.15, 0.2) is 50.6 Å². The Morgan fingerprint density at radius 3 is 3.14 bits per heavy atom. The molecule has 1 aromatic carbocycles. The number of hydrogen-bond acceptors (Lipinski definition) is 4. The largest absolute Gasteiger partial charge is 0.467 e. The van der Waals surface area contributed by atoms with E-state index in [1.54, 1.807) is 12.3 Å². The summed E-state index contributed by atoms with van der Waals surface area (Å²) in [5.74, 6) is 0.988. The Labute approximate surface area is 133 Å². The zero-order valence-electron chi connectivity index (χ0n) is 10.9. The first-order valence-corrected chi connectivity index (χ1v) is 8.06. The van der Waals surface area contributed by atoms with Crippen LogP contribution in [0.2, 0.25) is 0 Å². The first-order valence-electron chi connectivity index (χ1n) is 6.28. The van der Waals surface area contributed by atoms with Gasteiger partial charge in [0.1, 0.15) is 5.76 Å². The number of aromatic nitrogens is 2. The Morgan fingerprint density at radius 2 is 2.33 bits per heavy atom. The number of nitrogens with zero attached hydrogens (tertiary/aromatic N) is 1. The Balaban J connectivity index is 1.54. The second-order valence-electron chi connectivity index (χ2n) is 4.35. The van der Waals surface area contributed by atoms with E-state index in [1.165, 1.54) is 11.8 Å². The van der Waals surface area contributed by atoms with Crippen LogP contribution in [0.1, 0.15) is 5.76 Å². The van der Waals surface area contributed by atoms with Gasteiger partial charge >= 0.3 is 0 Å². The number of rotatable bonds is 5. The standard InChI is InChI=1S/C14H12BrN3O2S/c15-9-3-4-11-12(6-9)18-14(17-11)21-8-13(19)16-7-10-2-1-5-20-10/h1-6H,7-8H2,(H,16,19)(H,17,18). The summed E-state index contributed by atoms with van der Waals surface area (Å²) in [4.78, 5) is 19.4. The number of nitrogens with one attached hydrogen (secondary N) is 2. The summed E-state index contributed by atoms with van der Waals surface area (Å²) >= 11 is 4.79. The fourth-order valence-corrected chi connectivity index (χ4v) is 2.89. The predicted octanol–water partition coefficient (Wildman–Crippen LogP) is 3.33. The number of hydrogen-bond donors (Lipinski definition) is 2. The van der Waals surface area contributed by atoms with E-state index in [4.69, 9.17) is 4.42 Å². The Hall–Kier alpha value is -1.73. The van der Waals surface area contributed by atoms with E-state index in [-0.39, 0.29) is 5.91 Å². The number of carbonyl (C=O) groups is 1. The number of H-pyrrole nitrogens is 1. The number of benzene rings is 1. The maximum atomic E-state index is 11.8. The number of imidazole rings is 1. The maximum Gasteiger partial charge on any atom is 0.230 e. The molecule has 1 amide bonds. The summed E-state index contributed by atoms with van der Waals surface area (Å²) < 4.78 is 6.15. The second-order valence-corrected chi connectivity index (χ2v) is 6.23. The molecule has 2 heterocycles. The van der Waals surface area contributed by atoms with E-state index in [2.05, 4.69) is 31.2 Å². The molecular weight excluding hydrogens is 354 g/mol. The van der Waals surface area contributed by atoms with Crippen molar-refractivity contribution in [1.82, 2.24) is 15.3 Å². The highest BCUT2D eigenvalue weighted by atomic mass is 79.9. The van der Waals surface area contributed by atoms with Gasteiger partial charge in [-0.1, -0.05) is 27.7 Å². The molecule has 0 bridgehead atoms. The van der Waals surface area contributed by atoms with Gasteiger partial charge in [-0.2, -0.15) is 0 Å². The summed E-state index contributed by atoms with van der Waals surface area (Å²) in [7, 11) is 0. The molecule has 0 radical (unpaired) electrons. The van der Waals surface area contributed by atoms with Crippen LogP contribution in [-0.2, 0) is 11.3 Å². The molecule has 0 unspecified atom stereocenters. The van der Waals surface area contributed by atoms with Gasteiger partial charge in [0.25, 0.3) is 0 Å². The molecule has 0 saturated carbocycles. The quantitative estimate of drug-likeness (QED) is 0.680. The minimum atomic E-state index is -0.0574. The third-order valence-corrected chi connectivity index (χ3v) is 4.17. The van der Waals surface area contributed by atoms with Crippen LogP contribution in [0, 0.1) is 0 Å². The zero-order valence-corrected chi connectivity index (χ0v) is 13.3. The molecule has 2 aromatic heterocycles. The van der Waals surface area contributed by atoms with Crippen LogP contribution in [-0.4, -0.2) is 21.6 Å². The molecule has 0 aliphatic heterocycles. The molecule has 2 N–H and O–H groups in total. The fraction of sp³-hybridized carbons (Fsp3) is 0.143. The summed E-state index contributed by atoms with van der Waals surface area (Å²) in [6.45, 7) is 0.402. The SMILES string of the molecule is O=C(CSc1nc2ccc(Br)cc2[nH]1)NCc1ccco1. The minimum absolute atomic E-state index is 0.0574. The molecule has 21 heavy (non-hydrogen) atoms. The summed E-state index contributed by atoms with van der Waals surface area (Å²) in [5.41, 5.74) is 1.83. The average Bonchev–Trinajstić information content (AvgIpc) is 3.11. The van der Waals surface area contributed by atoms with E-state index >= 15 is 0 Å². The number of fused-ring (bicyclic) bond motifs is 1. The Bertz CT molecular complexity index is 755. The van der Waals surface area contributed by atoms with Gasteiger partial charge < -0.3 is 14.7 Å². The van der Waals surface area contributed by atoms with Gasteiger partial charge in [0.05, 0.1) is 29.6 Å². The highest BCUT2D eigenvalue weighted by molar-refractivity contribution is 9.10. The van der Waals surface area contributed by atoms with Crippen LogP contribution < -0.4 is 5.32 Å². The third-order valence-electron chi connectivity index (χ3n) is 2.80. The molecule has 7 heteroatoms. The molecule has 0 spiro atoms. The van der Waals surface area contributed by atoms with Gasteiger partial charge in [0.15, 0.2) is 5.16 Å². The lowest BCUT2D eigenvalue weighted by Gasteiger charge is -2.01. The lowest BCUT2D eigenvalue weighted by atomic mass is 10.3. The van der Waals surface area contributed by atoms with E-state index in [9.17, 15) is 4.79 Å². The van der Waals surface area contributed by atoms with Crippen molar-refractivity contribution in [1.29, 1.82) is 0 Å². The molecule has 0 aliphatic carbocycles. The van der Waals surface area contributed by atoms with Crippen LogP contribution in [0.4, 0.5) is 0 Å². The molecule has 0 atom stereocenters. The van der Waals surface area contributed by atoms with Crippen LogP contribution in [0.25, 0.3) is 11.0 Å². The number of halogens is 1. The molecule has 0 fully saturated rings. The smallest absolute Gasteiger partial charge is 0.230 e. The van der Waals surface area contributed by atoms with Crippen LogP contribution in [0.3, 0.4) is 0 Å². The number of carbonyl (C=O) groups excluding carboxylic acids is 1. The Morgan fingerprint density at radius 1 is 1.43 bits per heavy atom. The maximum absolute atomic E-state index is 11.8. The molecule has 3 aromatic rings. The summed E-state index contributed by atoms with van der Waals surface area (Å²) in [6.07, 6.45) is 1.59. The normalized spacial score (nSPS) is 10.9. The van der Waals surface area contributed by atoms with E-state index in [0.29, 0.717) is 12.3 Å². The van der Waals surface area contributed by atoms with Gasteiger partial charge in [-0.25, -0.2) is 4.98 Å². The van der Waals surface area contributed by atoms with Crippen molar-refractivity contribution >= 4 is 44.6 Å². The van der Waals surface area contributed by atoms with Gasteiger partial charge in [-0.05, 0) is 30.3 Å². The molecule has 3 rings (SSSR count). The highest BCUT2D eigenvalue weighted by Crippen LogP contribution is 2.22. The first-order chi connectivity index (χ1) is 10.2. The lowest BCUT2D eigenvalue weighted by molar-refractivity contribution is -0.118. The molecule has 108 valence electrons. The Kier molecular flexibility index (Phi) is 4.31. The van der Waals surface area contributed by atoms with Crippen LogP contribution >= 0.6 is 27.7 Å². The number of thioether (sulfide) groups is 1. The van der Waals surface area contributed by atoms with Crippen molar-refractivity contribution in [2.24, 2.45) is 0 Å². The topological polar surface area (TPSA) is 70.9 Å². The van der Waals surface area contributed by atoms with Gasteiger partial charge in [-0.3, -0.25) is 4.79 Å². The highest BCUT2D eigenvalue weighted by Gasteiger charge is 2.07. The number of aromatic amines is 1. The second kappa shape index (κ2) is 6.36. The van der Waals surface area contributed by atoms with Gasteiger partial charge in [0, 0.05) is 4.47 Å². The molecule has 0 aliphatic rings. The van der Waals surface area contributed by atoms with E-state index < -0.39 is 0 Å². The van der Waals surface area contributed by atoms with Crippen LogP contribution in [0.5, 0.6) is 0 Å². The van der Waals surface area contributed by atoms with Crippen molar-refractivity contribution in [3.63, 3.8) is 0 Å². The van der Waals surface area contributed by atoms with Crippen molar-refractivity contribution in [2.45, 2.75) is 11.7 Å². The average molecular weight is 366 g/mol. The van der Waals surface area contributed by atoms with E-state index in [1.807, 2.05) is 24.3 Å². The van der Waals surface area contributed by atoms with Gasteiger partial charge in [0.2, 0.25) is 5.91 Å². The van der Waals surface area contributed by atoms with Crippen molar-refractivity contribution < 1.29 is 9.21 Å². The number of furan rings is 1. The fourth-order valence-electron chi connectivity index (χ4n) is 1.81. The van der Waals surface area contributed by atoms with Gasteiger partial charge in [-0.15, -0.1) is 0 Å². The minimum Gasteiger partial charge on any atom is -0.467 e. The lowest BCUT2D eigenvalue weighted by Crippen LogP contribution is -2.24. The van der Waals surface area contributed by atoms with Crippen molar-refractivity contribution in [2.75, 3.05) is 5.75 Å². The summed E-state index contributed by atoms with van der Waals surface area (Å²) in [5, 5.41) is 3.53. The predicted molar refractivity (Wildman–Crippen MR) is 85.1 cm³/mol. The van der Waals surface area contributed by atoms with Crippen molar-refractivity contribution in [3.05, 3.63) is 46.8 Å². The summed E-state index contributed by atoms with van der Waals surface area (Å²) in [6, 6.07) is 9.45. The number of amides is 1. The first kappa shape index (κ1) is 14.2.